The second-order valence-electron chi connectivity index (χ2n) is 3.70. The summed E-state index contributed by atoms with van der Waals surface area (Å²) in [6.45, 7) is 0.452. The van der Waals surface area contributed by atoms with Crippen molar-refractivity contribution >= 4 is 21.8 Å². The maximum Gasteiger partial charge on any atom is 0.326 e. The van der Waals surface area contributed by atoms with Crippen LogP contribution in [-0.4, -0.2) is 26.0 Å². The fourth-order valence-electron chi connectivity index (χ4n) is 1.54. The zero-order chi connectivity index (χ0) is 13.7. The van der Waals surface area contributed by atoms with E-state index in [2.05, 4.69) is 0 Å². The summed E-state index contributed by atoms with van der Waals surface area (Å²) in [4.78, 5) is 11.0. The number of anilines is 1. The molecule has 1 aliphatic rings. The molecule has 1 saturated heterocycles. The van der Waals surface area contributed by atoms with E-state index in [4.69, 9.17) is 0 Å². The van der Waals surface area contributed by atoms with Gasteiger partial charge >= 0.3 is 10.2 Å². The van der Waals surface area contributed by atoms with E-state index in [0.717, 1.165) is 6.92 Å². The molecule has 1 amide bonds. The van der Waals surface area contributed by atoms with E-state index < -0.39 is 51.3 Å². The number of aromatic hydroxyl groups is 1. The molecule has 0 radical (unpaired) electrons. The minimum atomic E-state index is -4.22. The van der Waals surface area contributed by atoms with Crippen LogP contribution in [0.25, 0.3) is 0 Å². The van der Waals surface area contributed by atoms with Crippen molar-refractivity contribution in [3.8, 4) is 5.75 Å². The number of carbonyl (C=O) groups excluding carboxylic acids is 1. The predicted octanol–water partition coefficient (Wildman–Crippen LogP) is 0.160. The number of phenolic OH excluding ortho intramolecular Hbond substituents is 1. The Morgan fingerprint density at radius 2 is 2.06 bits per heavy atom. The van der Waals surface area contributed by atoms with Crippen LogP contribution in [0, 0.1) is 18.6 Å². The maximum atomic E-state index is 13.4. The van der Waals surface area contributed by atoms with Crippen molar-refractivity contribution < 1.29 is 27.1 Å². The van der Waals surface area contributed by atoms with E-state index in [1.54, 1.807) is 4.72 Å². The molecule has 9 heteroatoms. The number of nitrogens with one attached hydrogen (secondary N) is 1. The molecule has 1 aromatic carbocycles. The van der Waals surface area contributed by atoms with Crippen molar-refractivity contribution in [1.29, 1.82) is 0 Å². The molecule has 0 spiro atoms. The highest BCUT2D eigenvalue weighted by Gasteiger charge is 2.36. The van der Waals surface area contributed by atoms with Gasteiger partial charge in [0.15, 0.2) is 11.6 Å². The van der Waals surface area contributed by atoms with Crippen molar-refractivity contribution in [2.24, 2.45) is 0 Å². The summed E-state index contributed by atoms with van der Waals surface area (Å²) in [5.74, 6) is -4.15. The Balaban J connectivity index is 2.63. The SMILES string of the molecule is Cc1c(F)cc(N2CC(=O)NS2(=O)=O)c(O)c1F. The summed E-state index contributed by atoms with van der Waals surface area (Å²) < 4.78 is 51.7. The van der Waals surface area contributed by atoms with Crippen LogP contribution in [0.15, 0.2) is 6.07 Å². The number of benzene rings is 1. The second kappa shape index (κ2) is 3.80. The Kier molecular flexibility index (Phi) is 2.65. The van der Waals surface area contributed by atoms with Crippen molar-refractivity contribution in [3.63, 3.8) is 0 Å². The first-order chi connectivity index (χ1) is 8.24. The van der Waals surface area contributed by atoms with Crippen LogP contribution in [0.1, 0.15) is 5.56 Å². The highest BCUT2D eigenvalue weighted by molar-refractivity contribution is 7.92. The first kappa shape index (κ1) is 12.6. The molecule has 0 aliphatic carbocycles. The lowest BCUT2D eigenvalue weighted by Gasteiger charge is -2.17. The number of amides is 1. The largest absolute Gasteiger partial charge is 0.503 e. The van der Waals surface area contributed by atoms with Crippen LogP contribution in [0.5, 0.6) is 5.75 Å². The van der Waals surface area contributed by atoms with Gasteiger partial charge < -0.3 is 5.11 Å². The van der Waals surface area contributed by atoms with E-state index in [0.29, 0.717) is 10.4 Å². The molecule has 0 aromatic heterocycles. The van der Waals surface area contributed by atoms with E-state index in [1.807, 2.05) is 0 Å². The van der Waals surface area contributed by atoms with E-state index >= 15 is 0 Å². The molecule has 0 bridgehead atoms. The third-order valence-electron chi connectivity index (χ3n) is 2.49. The van der Waals surface area contributed by atoms with Gasteiger partial charge in [0.25, 0.3) is 5.91 Å². The highest BCUT2D eigenvalue weighted by atomic mass is 32.2. The Hall–Kier alpha value is -1.90. The number of carbonyl (C=O) groups is 1. The molecule has 1 fully saturated rings. The van der Waals surface area contributed by atoms with Crippen LogP contribution in [0.4, 0.5) is 14.5 Å². The van der Waals surface area contributed by atoms with Gasteiger partial charge in [0.1, 0.15) is 18.0 Å². The number of halogens is 2. The lowest BCUT2D eigenvalue weighted by molar-refractivity contribution is -0.117. The van der Waals surface area contributed by atoms with Crippen LogP contribution < -0.4 is 9.03 Å². The van der Waals surface area contributed by atoms with Gasteiger partial charge in [-0.05, 0) is 6.92 Å². The molecule has 1 heterocycles. The van der Waals surface area contributed by atoms with E-state index in [-0.39, 0.29) is 0 Å². The van der Waals surface area contributed by atoms with Gasteiger partial charge in [-0.3, -0.25) is 4.79 Å². The molecule has 1 aliphatic heterocycles. The molecule has 18 heavy (non-hydrogen) atoms. The van der Waals surface area contributed by atoms with E-state index in [9.17, 15) is 27.1 Å². The number of hydrogen-bond donors (Lipinski definition) is 2. The van der Waals surface area contributed by atoms with Gasteiger partial charge in [-0.2, -0.15) is 8.42 Å². The summed E-state index contributed by atoms with van der Waals surface area (Å²) in [5.41, 5.74) is -1.05. The minimum Gasteiger partial charge on any atom is -0.503 e. The lowest BCUT2D eigenvalue weighted by Crippen LogP contribution is -2.29. The quantitative estimate of drug-likeness (QED) is 0.766. The summed E-state index contributed by atoms with van der Waals surface area (Å²) in [6, 6.07) is 0.658. The van der Waals surface area contributed by atoms with Crippen LogP contribution >= 0.6 is 0 Å². The number of nitrogens with zero attached hydrogens (tertiary/aromatic N) is 1. The first-order valence-electron chi connectivity index (χ1n) is 4.75. The zero-order valence-corrected chi connectivity index (χ0v) is 9.88. The third kappa shape index (κ3) is 1.76. The Morgan fingerprint density at radius 1 is 1.44 bits per heavy atom. The molecule has 0 unspecified atom stereocenters. The fraction of sp³-hybridized carbons (Fsp3) is 0.222. The molecule has 1 aromatic rings. The van der Waals surface area contributed by atoms with Gasteiger partial charge in [0.2, 0.25) is 0 Å². The van der Waals surface area contributed by atoms with Crippen LogP contribution in [-0.2, 0) is 15.0 Å². The summed E-state index contributed by atoms with van der Waals surface area (Å²) in [5, 5.41) is 9.49. The standard InChI is InChI=1S/C9H8F2N2O4S/c1-4-5(10)2-6(9(15)8(4)11)13-3-7(14)12-18(13,16)17/h2,15H,3H2,1H3,(H,12,14). The Labute approximate surface area is 101 Å². The molecule has 0 atom stereocenters. The van der Waals surface area contributed by atoms with Gasteiger partial charge in [0, 0.05) is 11.6 Å². The van der Waals surface area contributed by atoms with Gasteiger partial charge in [-0.15, -0.1) is 0 Å². The third-order valence-corrected chi connectivity index (χ3v) is 3.88. The predicted molar refractivity (Wildman–Crippen MR) is 57.2 cm³/mol. The lowest BCUT2D eigenvalue weighted by atomic mass is 10.2. The molecule has 2 rings (SSSR count). The summed E-state index contributed by atoms with van der Waals surface area (Å²) >= 11 is 0. The van der Waals surface area contributed by atoms with Crippen molar-refractivity contribution in [1.82, 2.24) is 4.72 Å². The Bertz CT molecular complexity index is 644. The highest BCUT2D eigenvalue weighted by Crippen LogP contribution is 2.35. The van der Waals surface area contributed by atoms with E-state index in [1.165, 1.54) is 0 Å². The molecule has 6 nitrogen and oxygen atoms in total. The minimum absolute atomic E-state index is 0.399. The average Bonchev–Trinajstić information content (AvgIpc) is 2.54. The van der Waals surface area contributed by atoms with Crippen LogP contribution in [0.3, 0.4) is 0 Å². The maximum absolute atomic E-state index is 13.4. The molecule has 98 valence electrons. The fourth-order valence-corrected chi connectivity index (χ4v) is 2.69. The molecule has 2 N–H and O–H groups in total. The average molecular weight is 278 g/mol. The molecular formula is C9H8F2N2O4S. The van der Waals surface area contributed by atoms with Crippen molar-refractivity contribution in [2.45, 2.75) is 6.92 Å². The summed E-state index contributed by atoms with van der Waals surface area (Å²) in [7, 11) is -4.22. The van der Waals surface area contributed by atoms with Gasteiger partial charge in [0.05, 0.1) is 0 Å². The zero-order valence-electron chi connectivity index (χ0n) is 9.07. The smallest absolute Gasteiger partial charge is 0.326 e. The topological polar surface area (TPSA) is 86.7 Å². The van der Waals surface area contributed by atoms with Gasteiger partial charge in [-0.1, -0.05) is 0 Å². The number of phenols is 1. The van der Waals surface area contributed by atoms with Crippen molar-refractivity contribution in [3.05, 3.63) is 23.3 Å². The van der Waals surface area contributed by atoms with Gasteiger partial charge in [-0.25, -0.2) is 17.8 Å². The number of hydrogen-bond acceptors (Lipinski definition) is 4. The molecule has 0 saturated carbocycles. The van der Waals surface area contributed by atoms with Crippen molar-refractivity contribution in [2.75, 3.05) is 10.8 Å². The van der Waals surface area contributed by atoms with Crippen LogP contribution in [0.2, 0.25) is 0 Å². The second-order valence-corrected chi connectivity index (χ2v) is 5.30. The Morgan fingerprint density at radius 3 is 2.56 bits per heavy atom. The summed E-state index contributed by atoms with van der Waals surface area (Å²) in [6.07, 6.45) is 0. The monoisotopic (exact) mass is 278 g/mol. The normalized spacial score (nSPS) is 17.9. The molecular weight excluding hydrogens is 270 g/mol. The first-order valence-corrected chi connectivity index (χ1v) is 6.19. The number of rotatable bonds is 1.